The summed E-state index contributed by atoms with van der Waals surface area (Å²) in [6.45, 7) is 2.30. The van der Waals surface area contributed by atoms with Crippen LogP contribution in [0.5, 0.6) is 0 Å². The lowest BCUT2D eigenvalue weighted by Gasteiger charge is -2.16. The molecular weight excluding hydrogens is 224 g/mol. The average Bonchev–Trinajstić information content (AvgIpc) is 3.03. The summed E-state index contributed by atoms with van der Waals surface area (Å²) < 4.78 is 0. The first-order valence-corrected chi connectivity index (χ1v) is 6.18. The van der Waals surface area contributed by atoms with Crippen LogP contribution in [0.4, 0.5) is 5.82 Å². The fraction of sp³-hybridized carbons (Fsp3) is 0.636. The minimum absolute atomic E-state index is 0.465. The van der Waals surface area contributed by atoms with Gasteiger partial charge in [-0.1, -0.05) is 11.6 Å². The Morgan fingerprint density at radius 1 is 1.25 bits per heavy atom. The van der Waals surface area contributed by atoms with Crippen molar-refractivity contribution in [1.29, 1.82) is 0 Å². The van der Waals surface area contributed by atoms with E-state index in [1.807, 2.05) is 0 Å². The van der Waals surface area contributed by atoms with Crippen molar-refractivity contribution < 1.29 is 0 Å². The third kappa shape index (κ3) is 2.13. The molecule has 1 aromatic heterocycles. The molecule has 0 aromatic carbocycles. The number of nitrogens with zero attached hydrogens (tertiary/aromatic N) is 3. The van der Waals surface area contributed by atoms with Gasteiger partial charge in [0.05, 0.1) is 0 Å². The molecule has 1 aromatic rings. The molecule has 2 fully saturated rings. The number of aromatic nitrogens is 2. The van der Waals surface area contributed by atoms with Crippen LogP contribution in [-0.4, -0.2) is 40.0 Å². The van der Waals surface area contributed by atoms with Crippen LogP contribution >= 0.6 is 11.6 Å². The van der Waals surface area contributed by atoms with Crippen LogP contribution in [0, 0.1) is 0 Å². The second-order valence-corrected chi connectivity index (χ2v) is 4.91. The van der Waals surface area contributed by atoms with Gasteiger partial charge in [-0.3, -0.25) is 4.90 Å². The van der Waals surface area contributed by atoms with Crippen LogP contribution in [0.2, 0.25) is 5.15 Å². The van der Waals surface area contributed by atoms with Crippen molar-refractivity contribution in [3.63, 3.8) is 0 Å². The Hall–Kier alpha value is -0.870. The maximum atomic E-state index is 5.96. The van der Waals surface area contributed by atoms with Crippen LogP contribution in [0.1, 0.15) is 19.3 Å². The molecule has 3 rings (SSSR count). The quantitative estimate of drug-likeness (QED) is 0.872. The number of rotatable bonds is 3. The molecule has 0 bridgehead atoms. The number of hydrogen-bond donors (Lipinski definition) is 1. The highest BCUT2D eigenvalue weighted by molar-refractivity contribution is 6.31. The molecule has 0 spiro atoms. The van der Waals surface area contributed by atoms with Gasteiger partial charge >= 0.3 is 0 Å². The summed E-state index contributed by atoms with van der Waals surface area (Å²) in [5, 5.41) is 3.84. The first kappa shape index (κ1) is 10.3. The van der Waals surface area contributed by atoms with Gasteiger partial charge in [0.25, 0.3) is 0 Å². The van der Waals surface area contributed by atoms with Gasteiger partial charge in [-0.2, -0.15) is 0 Å². The molecule has 5 heteroatoms. The van der Waals surface area contributed by atoms with E-state index in [1.54, 1.807) is 12.4 Å². The Bertz CT molecular complexity index is 380. The van der Waals surface area contributed by atoms with Crippen molar-refractivity contribution in [3.05, 3.63) is 17.5 Å². The molecule has 2 aliphatic rings. The fourth-order valence-electron chi connectivity index (χ4n) is 2.29. The number of halogens is 1. The summed E-state index contributed by atoms with van der Waals surface area (Å²) in [5.41, 5.74) is 0. The molecule has 1 unspecified atom stereocenters. The lowest BCUT2D eigenvalue weighted by atomic mass is 10.3. The highest BCUT2D eigenvalue weighted by Crippen LogP contribution is 2.30. The van der Waals surface area contributed by atoms with Crippen molar-refractivity contribution in [2.75, 3.05) is 18.4 Å². The fourth-order valence-corrected chi connectivity index (χ4v) is 2.45. The van der Waals surface area contributed by atoms with Gasteiger partial charge in [0.1, 0.15) is 0 Å². The molecule has 1 saturated heterocycles. The summed E-state index contributed by atoms with van der Waals surface area (Å²) in [4.78, 5) is 10.8. The smallest absolute Gasteiger partial charge is 0.171 e. The largest absolute Gasteiger partial charge is 0.363 e. The van der Waals surface area contributed by atoms with Crippen LogP contribution < -0.4 is 5.32 Å². The lowest BCUT2D eigenvalue weighted by Crippen LogP contribution is -2.28. The van der Waals surface area contributed by atoms with Gasteiger partial charge in [-0.25, -0.2) is 9.97 Å². The van der Waals surface area contributed by atoms with E-state index in [-0.39, 0.29) is 0 Å². The van der Waals surface area contributed by atoms with Crippen LogP contribution in [0.3, 0.4) is 0 Å². The Kier molecular flexibility index (Phi) is 2.69. The van der Waals surface area contributed by atoms with Gasteiger partial charge in [0, 0.05) is 37.6 Å². The highest BCUT2D eigenvalue weighted by atomic mass is 35.5. The second kappa shape index (κ2) is 4.18. The van der Waals surface area contributed by atoms with Crippen molar-refractivity contribution in [1.82, 2.24) is 14.9 Å². The van der Waals surface area contributed by atoms with Crippen LogP contribution in [0.25, 0.3) is 0 Å². The normalized spacial score (nSPS) is 25.9. The summed E-state index contributed by atoms with van der Waals surface area (Å²) >= 11 is 5.96. The predicted octanol–water partition coefficient (Wildman–Crippen LogP) is 1.78. The molecule has 2 heterocycles. The van der Waals surface area contributed by atoms with Crippen molar-refractivity contribution >= 4 is 17.4 Å². The summed E-state index contributed by atoms with van der Waals surface area (Å²) in [5.74, 6) is 0.715. The van der Waals surface area contributed by atoms with Gasteiger partial charge in [-0.15, -0.1) is 0 Å². The van der Waals surface area contributed by atoms with Gasteiger partial charge in [0.2, 0.25) is 0 Å². The zero-order valence-corrected chi connectivity index (χ0v) is 9.82. The van der Waals surface area contributed by atoms with Crippen LogP contribution in [0.15, 0.2) is 12.4 Å². The number of anilines is 1. The van der Waals surface area contributed by atoms with Gasteiger partial charge < -0.3 is 5.32 Å². The third-order valence-corrected chi connectivity index (χ3v) is 3.55. The second-order valence-electron chi connectivity index (χ2n) is 4.55. The van der Waals surface area contributed by atoms with Crippen molar-refractivity contribution in [2.24, 2.45) is 0 Å². The van der Waals surface area contributed by atoms with E-state index in [1.165, 1.54) is 25.8 Å². The predicted molar refractivity (Wildman–Crippen MR) is 63.7 cm³/mol. The van der Waals surface area contributed by atoms with Crippen molar-refractivity contribution in [2.45, 2.75) is 31.3 Å². The standard InChI is InChI=1S/C11H15ClN4/c12-10-11(14-5-4-13-10)15-8-3-6-16(7-8)9-1-2-9/h4-5,8-9H,1-3,6-7H2,(H,14,15). The first-order valence-electron chi connectivity index (χ1n) is 5.80. The van der Waals surface area contributed by atoms with E-state index in [4.69, 9.17) is 11.6 Å². The Balaban J connectivity index is 1.61. The van der Waals surface area contributed by atoms with Gasteiger partial charge in [-0.05, 0) is 19.3 Å². The van der Waals surface area contributed by atoms with E-state index in [0.717, 1.165) is 12.6 Å². The molecule has 0 radical (unpaired) electrons. The minimum Gasteiger partial charge on any atom is -0.363 e. The van der Waals surface area contributed by atoms with Crippen molar-refractivity contribution in [3.8, 4) is 0 Å². The van der Waals surface area contributed by atoms with E-state index in [2.05, 4.69) is 20.2 Å². The Morgan fingerprint density at radius 3 is 2.81 bits per heavy atom. The molecule has 1 aliphatic heterocycles. The highest BCUT2D eigenvalue weighted by Gasteiger charge is 2.34. The zero-order valence-electron chi connectivity index (χ0n) is 9.06. The molecule has 1 saturated carbocycles. The third-order valence-electron chi connectivity index (χ3n) is 3.28. The number of nitrogens with one attached hydrogen (secondary N) is 1. The molecule has 86 valence electrons. The average molecular weight is 239 g/mol. The zero-order chi connectivity index (χ0) is 11.0. The SMILES string of the molecule is Clc1nccnc1NC1CCN(C2CC2)C1. The molecule has 1 aliphatic carbocycles. The molecule has 1 N–H and O–H groups in total. The van der Waals surface area contributed by atoms with E-state index < -0.39 is 0 Å². The first-order chi connectivity index (χ1) is 7.83. The summed E-state index contributed by atoms with van der Waals surface area (Å²) in [6, 6.07) is 1.32. The van der Waals surface area contributed by atoms with Gasteiger partial charge in [0.15, 0.2) is 11.0 Å². The summed E-state index contributed by atoms with van der Waals surface area (Å²) in [7, 11) is 0. The Morgan fingerprint density at radius 2 is 2.06 bits per heavy atom. The molecule has 4 nitrogen and oxygen atoms in total. The molecule has 0 amide bonds. The van der Waals surface area contributed by atoms with E-state index in [9.17, 15) is 0 Å². The molecule has 1 atom stereocenters. The molecule has 16 heavy (non-hydrogen) atoms. The summed E-state index contributed by atoms with van der Waals surface area (Å²) in [6.07, 6.45) is 7.20. The number of likely N-dealkylation sites (tertiary alicyclic amines) is 1. The monoisotopic (exact) mass is 238 g/mol. The van der Waals surface area contributed by atoms with Crippen LogP contribution in [-0.2, 0) is 0 Å². The number of hydrogen-bond acceptors (Lipinski definition) is 4. The lowest BCUT2D eigenvalue weighted by molar-refractivity contribution is 0.326. The topological polar surface area (TPSA) is 41.1 Å². The minimum atomic E-state index is 0.465. The maximum absolute atomic E-state index is 5.96. The van der Waals surface area contributed by atoms with E-state index in [0.29, 0.717) is 17.0 Å². The maximum Gasteiger partial charge on any atom is 0.171 e. The van der Waals surface area contributed by atoms with E-state index >= 15 is 0 Å². The molecular formula is C11H15ClN4. The Labute approximate surface area is 100 Å².